The monoisotopic (exact) mass is 344 g/mol. The number of aromatic nitrogens is 2. The van der Waals surface area contributed by atoms with Crippen molar-refractivity contribution in [1.82, 2.24) is 14.9 Å². The van der Waals surface area contributed by atoms with Gasteiger partial charge in [0.25, 0.3) is 0 Å². The molecule has 0 amide bonds. The summed E-state index contributed by atoms with van der Waals surface area (Å²) >= 11 is 0. The molecule has 0 spiro atoms. The van der Waals surface area contributed by atoms with E-state index in [-0.39, 0.29) is 0 Å². The van der Waals surface area contributed by atoms with Gasteiger partial charge in [0.2, 0.25) is 0 Å². The molecule has 0 radical (unpaired) electrons. The van der Waals surface area contributed by atoms with Gasteiger partial charge < -0.3 is 5.73 Å². The molecule has 2 aromatic carbocycles. The smallest absolute Gasteiger partial charge is 0.159 e. The molecule has 0 saturated heterocycles. The lowest BCUT2D eigenvalue weighted by atomic mass is 10.0. The van der Waals surface area contributed by atoms with Crippen molar-refractivity contribution in [2.75, 3.05) is 12.3 Å². The summed E-state index contributed by atoms with van der Waals surface area (Å²) < 4.78 is 0. The lowest BCUT2D eigenvalue weighted by Crippen LogP contribution is -2.31. The molecule has 26 heavy (non-hydrogen) atoms. The number of hydrogen-bond acceptors (Lipinski definition) is 4. The average Bonchev–Trinajstić information content (AvgIpc) is 2.65. The number of benzene rings is 2. The third kappa shape index (κ3) is 3.46. The molecule has 4 rings (SSSR count). The van der Waals surface area contributed by atoms with E-state index in [0.717, 1.165) is 43.1 Å². The van der Waals surface area contributed by atoms with E-state index in [4.69, 9.17) is 10.7 Å². The third-order valence-corrected chi connectivity index (χ3v) is 5.08. The first-order valence-electron chi connectivity index (χ1n) is 9.08. The molecule has 2 heterocycles. The molecule has 0 bridgehead atoms. The second-order valence-electron chi connectivity index (χ2n) is 7.18. The van der Waals surface area contributed by atoms with Gasteiger partial charge in [-0.15, -0.1) is 0 Å². The van der Waals surface area contributed by atoms with Gasteiger partial charge in [-0.3, -0.25) is 4.90 Å². The Morgan fingerprint density at radius 3 is 2.69 bits per heavy atom. The Balaban J connectivity index is 1.52. The standard InChI is InChI=1S/C22H24N4/c1-15-3-4-16(2)18(11-15)13-26-10-9-21-19(14-26)12-24-22(25-21)17-5-7-20(23)8-6-17/h3-8,11-12H,9-10,13-14,23H2,1-2H3. The number of anilines is 1. The molecule has 1 aliphatic heterocycles. The molecule has 2 N–H and O–H groups in total. The van der Waals surface area contributed by atoms with Crippen molar-refractivity contribution < 1.29 is 0 Å². The zero-order valence-electron chi connectivity index (χ0n) is 15.4. The fraction of sp³-hybridized carbons (Fsp3) is 0.273. The number of nitrogen functional groups attached to an aromatic ring is 1. The highest BCUT2D eigenvalue weighted by molar-refractivity contribution is 5.58. The molecule has 3 aromatic rings. The summed E-state index contributed by atoms with van der Waals surface area (Å²) in [4.78, 5) is 11.9. The normalized spacial score (nSPS) is 14.2. The minimum Gasteiger partial charge on any atom is -0.399 e. The van der Waals surface area contributed by atoms with Crippen LogP contribution in [0.4, 0.5) is 5.69 Å². The maximum absolute atomic E-state index is 5.77. The van der Waals surface area contributed by atoms with Crippen LogP contribution in [0.2, 0.25) is 0 Å². The zero-order chi connectivity index (χ0) is 18.1. The third-order valence-electron chi connectivity index (χ3n) is 5.08. The Hall–Kier alpha value is -2.72. The van der Waals surface area contributed by atoms with E-state index in [1.807, 2.05) is 30.5 Å². The predicted octanol–water partition coefficient (Wildman–Crippen LogP) is 3.90. The molecule has 1 aromatic heterocycles. The molecule has 0 saturated carbocycles. The first-order valence-corrected chi connectivity index (χ1v) is 9.08. The highest BCUT2D eigenvalue weighted by Crippen LogP contribution is 2.23. The van der Waals surface area contributed by atoms with Crippen LogP contribution in [0.1, 0.15) is 27.9 Å². The van der Waals surface area contributed by atoms with Crippen LogP contribution in [0.3, 0.4) is 0 Å². The summed E-state index contributed by atoms with van der Waals surface area (Å²) in [5.74, 6) is 0.784. The number of aryl methyl sites for hydroxylation is 2. The summed E-state index contributed by atoms with van der Waals surface area (Å²) in [6.45, 7) is 7.26. The Morgan fingerprint density at radius 2 is 1.88 bits per heavy atom. The van der Waals surface area contributed by atoms with Crippen LogP contribution < -0.4 is 5.73 Å². The van der Waals surface area contributed by atoms with Crippen LogP contribution >= 0.6 is 0 Å². The fourth-order valence-corrected chi connectivity index (χ4v) is 3.49. The van der Waals surface area contributed by atoms with Gasteiger partial charge in [-0.2, -0.15) is 0 Å². The van der Waals surface area contributed by atoms with Gasteiger partial charge in [-0.05, 0) is 49.2 Å². The van der Waals surface area contributed by atoms with Crippen molar-refractivity contribution >= 4 is 5.69 Å². The van der Waals surface area contributed by atoms with E-state index < -0.39 is 0 Å². The number of nitrogens with two attached hydrogens (primary N) is 1. The second-order valence-corrected chi connectivity index (χ2v) is 7.18. The lowest BCUT2D eigenvalue weighted by molar-refractivity contribution is 0.242. The molecule has 0 atom stereocenters. The lowest BCUT2D eigenvalue weighted by Gasteiger charge is -2.28. The van der Waals surface area contributed by atoms with Crippen molar-refractivity contribution in [3.8, 4) is 11.4 Å². The predicted molar refractivity (Wildman–Crippen MR) is 106 cm³/mol. The van der Waals surface area contributed by atoms with E-state index in [0.29, 0.717) is 0 Å². The van der Waals surface area contributed by atoms with Crippen molar-refractivity contribution in [2.24, 2.45) is 0 Å². The van der Waals surface area contributed by atoms with Crippen molar-refractivity contribution in [3.63, 3.8) is 0 Å². The molecule has 1 aliphatic rings. The summed E-state index contributed by atoms with van der Waals surface area (Å²) in [5.41, 5.74) is 14.0. The van der Waals surface area contributed by atoms with Crippen molar-refractivity contribution in [1.29, 1.82) is 0 Å². The number of hydrogen-bond donors (Lipinski definition) is 1. The Kier molecular flexibility index (Phi) is 4.43. The maximum Gasteiger partial charge on any atom is 0.159 e. The van der Waals surface area contributed by atoms with Gasteiger partial charge in [-0.25, -0.2) is 9.97 Å². The van der Waals surface area contributed by atoms with Crippen LogP contribution in [0.15, 0.2) is 48.7 Å². The van der Waals surface area contributed by atoms with Crippen LogP contribution in [-0.4, -0.2) is 21.4 Å². The maximum atomic E-state index is 5.77. The summed E-state index contributed by atoms with van der Waals surface area (Å²) in [7, 11) is 0. The Morgan fingerprint density at radius 1 is 1.08 bits per heavy atom. The molecular formula is C22H24N4. The van der Waals surface area contributed by atoms with E-state index >= 15 is 0 Å². The molecule has 0 aliphatic carbocycles. The summed E-state index contributed by atoms with van der Waals surface area (Å²) in [5, 5.41) is 0. The summed E-state index contributed by atoms with van der Waals surface area (Å²) in [6, 6.07) is 14.4. The van der Waals surface area contributed by atoms with Crippen LogP contribution in [0, 0.1) is 13.8 Å². The van der Waals surface area contributed by atoms with Crippen LogP contribution in [0.5, 0.6) is 0 Å². The van der Waals surface area contributed by atoms with Gasteiger partial charge in [0, 0.05) is 49.1 Å². The Labute approximate surface area is 154 Å². The molecule has 132 valence electrons. The van der Waals surface area contributed by atoms with Crippen molar-refractivity contribution in [2.45, 2.75) is 33.4 Å². The average molecular weight is 344 g/mol. The molecule has 0 fully saturated rings. The molecular weight excluding hydrogens is 320 g/mol. The van der Waals surface area contributed by atoms with Gasteiger partial charge >= 0.3 is 0 Å². The first kappa shape index (κ1) is 16.7. The highest BCUT2D eigenvalue weighted by atomic mass is 15.1. The quantitative estimate of drug-likeness (QED) is 0.732. The summed E-state index contributed by atoms with van der Waals surface area (Å²) in [6.07, 6.45) is 2.95. The van der Waals surface area contributed by atoms with E-state index in [2.05, 4.69) is 41.9 Å². The van der Waals surface area contributed by atoms with Gasteiger partial charge in [0.1, 0.15) is 0 Å². The number of rotatable bonds is 3. The molecule has 4 nitrogen and oxygen atoms in total. The first-order chi connectivity index (χ1) is 12.6. The number of fused-ring (bicyclic) bond motifs is 1. The van der Waals surface area contributed by atoms with Gasteiger partial charge in [0.05, 0.1) is 5.69 Å². The largest absolute Gasteiger partial charge is 0.399 e. The fourth-order valence-electron chi connectivity index (χ4n) is 3.49. The van der Waals surface area contributed by atoms with Crippen LogP contribution in [0.25, 0.3) is 11.4 Å². The van der Waals surface area contributed by atoms with Crippen molar-refractivity contribution in [3.05, 3.63) is 76.6 Å². The molecule has 0 unspecified atom stereocenters. The minimum atomic E-state index is 0.758. The minimum absolute atomic E-state index is 0.758. The SMILES string of the molecule is Cc1ccc(C)c(CN2CCc3nc(-c4ccc(N)cc4)ncc3C2)c1. The van der Waals surface area contributed by atoms with E-state index in [1.54, 1.807) is 0 Å². The van der Waals surface area contributed by atoms with Gasteiger partial charge in [0.15, 0.2) is 5.82 Å². The molecule has 4 heteroatoms. The zero-order valence-corrected chi connectivity index (χ0v) is 15.4. The topological polar surface area (TPSA) is 55.0 Å². The van der Waals surface area contributed by atoms with E-state index in [1.165, 1.54) is 27.9 Å². The number of nitrogens with zero attached hydrogens (tertiary/aromatic N) is 3. The second kappa shape index (κ2) is 6.89. The highest BCUT2D eigenvalue weighted by Gasteiger charge is 2.19. The Bertz CT molecular complexity index is 931. The van der Waals surface area contributed by atoms with Crippen LogP contribution in [-0.2, 0) is 19.5 Å². The van der Waals surface area contributed by atoms with Gasteiger partial charge in [-0.1, -0.05) is 23.8 Å². The van der Waals surface area contributed by atoms with E-state index in [9.17, 15) is 0 Å².